The minimum absolute atomic E-state index is 0.0588. The van der Waals surface area contributed by atoms with Crippen LogP contribution >= 0.6 is 0 Å². The van der Waals surface area contributed by atoms with Crippen LogP contribution in [0.4, 0.5) is 0 Å². The fourth-order valence-electron chi connectivity index (χ4n) is 1.62. The Labute approximate surface area is 120 Å². The Balaban J connectivity index is 2.62. The minimum Gasteiger partial charge on any atom is -0.370 e. The summed E-state index contributed by atoms with van der Waals surface area (Å²) in [7, 11) is 0. The van der Waals surface area contributed by atoms with Gasteiger partial charge >= 0.3 is 0 Å². The van der Waals surface area contributed by atoms with Crippen LogP contribution in [0.3, 0.4) is 0 Å². The highest BCUT2D eigenvalue weighted by Crippen LogP contribution is 2.06. The summed E-state index contributed by atoms with van der Waals surface area (Å²) in [6, 6.07) is 7.36. The molecule has 110 valence electrons. The smallest absolute Gasteiger partial charge is 0.251 e. The molecule has 0 spiro atoms. The molecule has 20 heavy (non-hydrogen) atoms. The summed E-state index contributed by atoms with van der Waals surface area (Å²) in [5, 5.41) is 5.86. The zero-order chi connectivity index (χ0) is 15.2. The summed E-state index contributed by atoms with van der Waals surface area (Å²) in [5.74, 6) is 0.363. The number of benzene rings is 1. The maximum absolute atomic E-state index is 11.6. The highest BCUT2D eigenvalue weighted by molar-refractivity contribution is 5.94. The molecular formula is C15H24N4O. The molecule has 0 saturated heterocycles. The average molecular weight is 276 g/mol. The third-order valence-corrected chi connectivity index (χ3v) is 2.49. The molecule has 0 fully saturated rings. The Morgan fingerprint density at radius 3 is 2.35 bits per heavy atom. The topological polar surface area (TPSA) is 79.5 Å². The van der Waals surface area contributed by atoms with Gasteiger partial charge in [0, 0.05) is 17.6 Å². The monoisotopic (exact) mass is 276 g/mol. The molecular weight excluding hydrogens is 252 g/mol. The number of hydrogen-bond donors (Lipinski definition) is 3. The molecule has 0 bridgehead atoms. The third kappa shape index (κ3) is 5.73. The van der Waals surface area contributed by atoms with E-state index in [1.165, 1.54) is 0 Å². The molecule has 1 aromatic carbocycles. The third-order valence-electron chi connectivity index (χ3n) is 2.49. The molecule has 0 aromatic heterocycles. The van der Waals surface area contributed by atoms with E-state index in [9.17, 15) is 4.79 Å². The van der Waals surface area contributed by atoms with Crippen LogP contribution in [-0.2, 0) is 6.54 Å². The van der Waals surface area contributed by atoms with E-state index in [1.807, 2.05) is 39.8 Å². The van der Waals surface area contributed by atoms with E-state index >= 15 is 0 Å². The number of rotatable bonds is 4. The summed E-state index contributed by atoms with van der Waals surface area (Å²) < 4.78 is 0. The number of carbonyl (C=O) groups excluding carboxylic acids is 1. The lowest BCUT2D eigenvalue weighted by Crippen LogP contribution is -2.44. The lowest BCUT2D eigenvalue weighted by atomic mass is 10.1. The van der Waals surface area contributed by atoms with Crippen LogP contribution in [-0.4, -0.2) is 24.0 Å². The molecule has 5 nitrogen and oxygen atoms in total. The molecule has 0 aliphatic rings. The molecule has 1 rings (SSSR count). The zero-order valence-electron chi connectivity index (χ0n) is 12.7. The Hall–Kier alpha value is -2.04. The standard InChI is InChI=1S/C15H24N4O/c1-5-17-13(20)12-8-6-11(7-9-12)10-18-14(16)19-15(2,3)4/h6-9H,5,10H2,1-4H3,(H,17,20)(H3,16,18,19). The van der Waals surface area contributed by atoms with Crippen molar-refractivity contribution in [2.75, 3.05) is 6.54 Å². The molecule has 0 atom stereocenters. The molecule has 1 amide bonds. The first-order valence-electron chi connectivity index (χ1n) is 6.77. The van der Waals surface area contributed by atoms with Gasteiger partial charge in [-0.3, -0.25) is 4.79 Å². The van der Waals surface area contributed by atoms with E-state index in [-0.39, 0.29) is 11.4 Å². The Bertz CT molecular complexity index is 472. The van der Waals surface area contributed by atoms with Crippen LogP contribution in [0.5, 0.6) is 0 Å². The van der Waals surface area contributed by atoms with Crippen LogP contribution in [0.2, 0.25) is 0 Å². The van der Waals surface area contributed by atoms with Gasteiger partial charge in [0.1, 0.15) is 0 Å². The van der Waals surface area contributed by atoms with Crippen molar-refractivity contribution in [3.8, 4) is 0 Å². The van der Waals surface area contributed by atoms with Crippen LogP contribution in [0, 0.1) is 0 Å². The Kier molecular flexibility index (Phi) is 5.55. The zero-order valence-corrected chi connectivity index (χ0v) is 12.7. The van der Waals surface area contributed by atoms with Gasteiger partial charge in [0.05, 0.1) is 6.54 Å². The summed E-state index contributed by atoms with van der Waals surface area (Å²) in [4.78, 5) is 15.9. The van der Waals surface area contributed by atoms with Crippen molar-refractivity contribution in [3.05, 3.63) is 35.4 Å². The molecule has 0 unspecified atom stereocenters. The molecule has 0 heterocycles. The van der Waals surface area contributed by atoms with E-state index in [2.05, 4.69) is 15.6 Å². The number of nitrogens with one attached hydrogen (secondary N) is 2. The molecule has 1 aromatic rings. The molecule has 0 saturated carbocycles. The van der Waals surface area contributed by atoms with Gasteiger partial charge in [-0.2, -0.15) is 0 Å². The number of hydrogen-bond acceptors (Lipinski definition) is 2. The summed E-state index contributed by atoms with van der Waals surface area (Å²) in [5.41, 5.74) is 7.36. The second-order valence-electron chi connectivity index (χ2n) is 5.63. The first-order valence-corrected chi connectivity index (χ1v) is 6.77. The van der Waals surface area contributed by atoms with Gasteiger partial charge in [0.2, 0.25) is 0 Å². The van der Waals surface area contributed by atoms with Gasteiger partial charge in [0.15, 0.2) is 5.96 Å². The number of aliphatic imine (C=N–C) groups is 1. The Morgan fingerprint density at radius 1 is 1.25 bits per heavy atom. The van der Waals surface area contributed by atoms with Gasteiger partial charge in [-0.05, 0) is 45.4 Å². The maximum atomic E-state index is 11.6. The number of amides is 1. The predicted molar refractivity (Wildman–Crippen MR) is 82.7 cm³/mol. The molecule has 0 aliphatic carbocycles. The van der Waals surface area contributed by atoms with Gasteiger partial charge in [-0.1, -0.05) is 12.1 Å². The summed E-state index contributed by atoms with van der Waals surface area (Å²) >= 11 is 0. The van der Waals surface area contributed by atoms with E-state index < -0.39 is 0 Å². The quantitative estimate of drug-likeness (QED) is 0.578. The van der Waals surface area contributed by atoms with Crippen LogP contribution in [0.15, 0.2) is 29.3 Å². The first-order chi connectivity index (χ1) is 9.31. The number of carbonyl (C=O) groups is 1. The first kappa shape index (κ1) is 16.0. The van der Waals surface area contributed by atoms with Crippen LogP contribution in [0.25, 0.3) is 0 Å². The molecule has 4 N–H and O–H groups in total. The van der Waals surface area contributed by atoms with Crippen LogP contribution in [0.1, 0.15) is 43.6 Å². The number of guanidine groups is 1. The van der Waals surface area contributed by atoms with Gasteiger partial charge in [-0.15, -0.1) is 0 Å². The summed E-state index contributed by atoms with van der Waals surface area (Å²) in [6.07, 6.45) is 0. The van der Waals surface area contributed by atoms with Crippen molar-refractivity contribution >= 4 is 11.9 Å². The maximum Gasteiger partial charge on any atom is 0.251 e. The SMILES string of the molecule is CCNC(=O)c1ccc(CN=C(N)NC(C)(C)C)cc1. The van der Waals surface area contributed by atoms with Gasteiger partial charge in [-0.25, -0.2) is 4.99 Å². The molecule has 0 aliphatic heterocycles. The number of nitrogens with two attached hydrogens (primary N) is 1. The second-order valence-corrected chi connectivity index (χ2v) is 5.63. The minimum atomic E-state index is -0.102. The second kappa shape index (κ2) is 6.93. The molecule has 5 heteroatoms. The predicted octanol–water partition coefficient (Wildman–Crippen LogP) is 1.64. The lowest BCUT2D eigenvalue weighted by molar-refractivity contribution is 0.0956. The Morgan fingerprint density at radius 2 is 1.85 bits per heavy atom. The average Bonchev–Trinajstić information content (AvgIpc) is 2.35. The van der Waals surface area contributed by atoms with Crippen molar-refractivity contribution in [1.29, 1.82) is 0 Å². The van der Waals surface area contributed by atoms with Crippen molar-refractivity contribution < 1.29 is 4.79 Å². The van der Waals surface area contributed by atoms with Gasteiger partial charge in [0.25, 0.3) is 5.91 Å². The molecule has 0 radical (unpaired) electrons. The highest BCUT2D eigenvalue weighted by Gasteiger charge is 2.09. The highest BCUT2D eigenvalue weighted by atomic mass is 16.1. The fourth-order valence-corrected chi connectivity index (χ4v) is 1.62. The van der Waals surface area contributed by atoms with Gasteiger partial charge < -0.3 is 16.4 Å². The lowest BCUT2D eigenvalue weighted by Gasteiger charge is -2.20. The van der Waals surface area contributed by atoms with Crippen LogP contribution < -0.4 is 16.4 Å². The normalized spacial score (nSPS) is 12.1. The van der Waals surface area contributed by atoms with Crippen molar-refractivity contribution in [2.24, 2.45) is 10.7 Å². The van der Waals surface area contributed by atoms with Crippen molar-refractivity contribution in [3.63, 3.8) is 0 Å². The number of nitrogens with zero attached hydrogens (tertiary/aromatic N) is 1. The largest absolute Gasteiger partial charge is 0.370 e. The van der Waals surface area contributed by atoms with E-state index in [0.29, 0.717) is 24.6 Å². The fraction of sp³-hybridized carbons (Fsp3) is 0.467. The van der Waals surface area contributed by atoms with Crippen molar-refractivity contribution in [1.82, 2.24) is 10.6 Å². The van der Waals surface area contributed by atoms with E-state index in [4.69, 9.17) is 5.73 Å². The van der Waals surface area contributed by atoms with Crippen molar-refractivity contribution in [2.45, 2.75) is 39.8 Å². The van der Waals surface area contributed by atoms with E-state index in [1.54, 1.807) is 12.1 Å². The van der Waals surface area contributed by atoms with E-state index in [0.717, 1.165) is 5.56 Å². The summed E-state index contributed by atoms with van der Waals surface area (Å²) in [6.45, 7) is 9.08.